The second-order valence-corrected chi connectivity index (χ2v) is 9.20. The first-order valence-corrected chi connectivity index (χ1v) is 10.5. The van der Waals surface area contributed by atoms with Crippen LogP contribution in [0.1, 0.15) is 38.5 Å². The van der Waals surface area contributed by atoms with Crippen LogP contribution in [0.4, 0.5) is 0 Å². The van der Waals surface area contributed by atoms with Crippen LogP contribution in [0.15, 0.2) is 29.2 Å². The lowest BCUT2D eigenvalue weighted by Gasteiger charge is -2.19. The molecular formula is C18H24N2O4S. The Balaban J connectivity index is 1.45. The average molecular weight is 364 g/mol. The molecule has 1 saturated heterocycles. The normalized spacial score (nSPS) is 28.6. The summed E-state index contributed by atoms with van der Waals surface area (Å²) in [5, 5.41) is 3.04. The van der Waals surface area contributed by atoms with E-state index in [1.807, 2.05) is 0 Å². The maximum atomic E-state index is 12.9. The van der Waals surface area contributed by atoms with Crippen molar-refractivity contribution < 1.29 is 17.9 Å². The van der Waals surface area contributed by atoms with E-state index in [-0.39, 0.29) is 22.9 Å². The molecule has 0 spiro atoms. The van der Waals surface area contributed by atoms with E-state index < -0.39 is 10.0 Å². The predicted molar refractivity (Wildman–Crippen MR) is 92.7 cm³/mol. The Kier molecular flexibility index (Phi) is 4.45. The van der Waals surface area contributed by atoms with Crippen molar-refractivity contribution in [1.82, 2.24) is 9.62 Å². The summed E-state index contributed by atoms with van der Waals surface area (Å²) in [7, 11) is -3.59. The number of hydrogen-bond acceptors (Lipinski definition) is 4. The van der Waals surface area contributed by atoms with Gasteiger partial charge in [0.2, 0.25) is 15.9 Å². The van der Waals surface area contributed by atoms with E-state index in [2.05, 4.69) is 5.32 Å². The molecule has 2 fully saturated rings. The van der Waals surface area contributed by atoms with Gasteiger partial charge in [-0.25, -0.2) is 8.42 Å². The largest absolute Gasteiger partial charge is 0.490 e. The molecule has 25 heavy (non-hydrogen) atoms. The van der Waals surface area contributed by atoms with Gasteiger partial charge in [-0.1, -0.05) is 25.0 Å². The summed E-state index contributed by atoms with van der Waals surface area (Å²) < 4.78 is 33.1. The summed E-state index contributed by atoms with van der Waals surface area (Å²) in [6, 6.07) is 6.39. The van der Waals surface area contributed by atoms with Crippen molar-refractivity contribution in [3.63, 3.8) is 0 Å². The molecule has 0 radical (unpaired) electrons. The minimum absolute atomic E-state index is 0.0493. The maximum absolute atomic E-state index is 12.9. The van der Waals surface area contributed by atoms with E-state index in [1.165, 1.54) is 17.1 Å². The number of amides is 1. The summed E-state index contributed by atoms with van der Waals surface area (Å²) >= 11 is 0. The van der Waals surface area contributed by atoms with Crippen molar-refractivity contribution in [3.8, 4) is 5.75 Å². The number of carbonyl (C=O) groups excluding carboxylic acids is 1. The highest BCUT2D eigenvalue weighted by molar-refractivity contribution is 7.89. The Bertz CT molecular complexity index is 758. The van der Waals surface area contributed by atoms with Crippen LogP contribution >= 0.6 is 0 Å². The molecule has 0 unspecified atom stereocenters. The number of rotatable bonds is 3. The molecule has 2 heterocycles. The molecule has 2 aliphatic heterocycles. The van der Waals surface area contributed by atoms with Crippen LogP contribution in [0.5, 0.6) is 5.75 Å². The molecule has 1 aromatic rings. The zero-order valence-corrected chi connectivity index (χ0v) is 15.0. The van der Waals surface area contributed by atoms with Gasteiger partial charge in [0, 0.05) is 19.0 Å². The Morgan fingerprint density at radius 2 is 2.00 bits per heavy atom. The lowest BCUT2D eigenvalue weighted by molar-refractivity contribution is -0.122. The molecule has 7 heteroatoms. The molecule has 2 atom stereocenters. The van der Waals surface area contributed by atoms with Crippen LogP contribution < -0.4 is 10.1 Å². The van der Waals surface area contributed by atoms with Gasteiger partial charge in [0.1, 0.15) is 17.3 Å². The molecule has 1 aliphatic carbocycles. The standard InChI is InChI=1S/C18H24N2O4S/c21-18(9-13-5-1-2-6-13)19-14-10-15-12-24-16-7-3-4-8-17(16)25(22,23)20(15)11-14/h3-4,7-8,13-15H,1-2,5-6,9-12H2,(H,19,21)/t14-,15-/m0/s1. The van der Waals surface area contributed by atoms with E-state index in [1.54, 1.807) is 24.3 Å². The SMILES string of the molecule is O=C(CC1CCCC1)N[C@H]1C[C@H]2COc3ccccc3S(=O)(=O)N2C1. The van der Waals surface area contributed by atoms with Crippen molar-refractivity contribution in [2.75, 3.05) is 13.2 Å². The van der Waals surface area contributed by atoms with Crippen LogP contribution in [0.25, 0.3) is 0 Å². The predicted octanol–water partition coefficient (Wildman–Crippen LogP) is 1.91. The lowest BCUT2D eigenvalue weighted by Crippen LogP contribution is -2.39. The van der Waals surface area contributed by atoms with Gasteiger partial charge in [-0.2, -0.15) is 4.31 Å². The van der Waals surface area contributed by atoms with Gasteiger partial charge in [0.05, 0.1) is 6.04 Å². The Morgan fingerprint density at radius 1 is 1.24 bits per heavy atom. The molecule has 1 saturated carbocycles. The van der Waals surface area contributed by atoms with Gasteiger partial charge in [0.15, 0.2) is 0 Å². The molecule has 1 N–H and O–H groups in total. The molecule has 1 amide bonds. The Morgan fingerprint density at radius 3 is 2.80 bits per heavy atom. The number of hydrogen-bond donors (Lipinski definition) is 1. The van der Waals surface area contributed by atoms with Crippen LogP contribution in [0.3, 0.4) is 0 Å². The summed E-state index contributed by atoms with van der Waals surface area (Å²) in [6.07, 6.45) is 5.85. The fraction of sp³-hybridized carbons (Fsp3) is 0.611. The molecule has 0 bridgehead atoms. The molecule has 1 aromatic carbocycles. The first-order valence-electron chi connectivity index (χ1n) is 9.07. The number of benzene rings is 1. The number of sulfonamides is 1. The zero-order valence-electron chi connectivity index (χ0n) is 14.2. The van der Waals surface area contributed by atoms with Gasteiger partial charge >= 0.3 is 0 Å². The van der Waals surface area contributed by atoms with Crippen molar-refractivity contribution in [2.45, 2.75) is 55.5 Å². The lowest BCUT2D eigenvalue weighted by atomic mass is 10.0. The third kappa shape index (κ3) is 3.27. The first kappa shape index (κ1) is 16.8. The number of nitrogens with one attached hydrogen (secondary N) is 1. The smallest absolute Gasteiger partial charge is 0.247 e. The Labute approximate surface area is 148 Å². The highest BCUT2D eigenvalue weighted by Crippen LogP contribution is 2.35. The van der Waals surface area contributed by atoms with Crippen molar-refractivity contribution >= 4 is 15.9 Å². The van der Waals surface area contributed by atoms with Crippen molar-refractivity contribution in [3.05, 3.63) is 24.3 Å². The fourth-order valence-corrected chi connectivity index (χ4v) is 6.10. The summed E-state index contributed by atoms with van der Waals surface area (Å²) in [5.41, 5.74) is 0. The van der Waals surface area contributed by atoms with Gasteiger partial charge < -0.3 is 10.1 Å². The number of nitrogens with zero attached hydrogens (tertiary/aromatic N) is 1. The monoisotopic (exact) mass is 364 g/mol. The van der Waals surface area contributed by atoms with Crippen LogP contribution in [-0.2, 0) is 14.8 Å². The van der Waals surface area contributed by atoms with Crippen LogP contribution in [0.2, 0.25) is 0 Å². The highest BCUT2D eigenvalue weighted by Gasteiger charge is 2.44. The highest BCUT2D eigenvalue weighted by atomic mass is 32.2. The van der Waals surface area contributed by atoms with Gasteiger partial charge in [-0.15, -0.1) is 0 Å². The fourth-order valence-electron chi connectivity index (χ4n) is 4.30. The topological polar surface area (TPSA) is 75.7 Å². The molecule has 0 aromatic heterocycles. The average Bonchev–Trinajstić information content (AvgIpc) is 3.21. The second kappa shape index (κ2) is 6.61. The number of carbonyl (C=O) groups is 1. The maximum Gasteiger partial charge on any atom is 0.247 e. The van der Waals surface area contributed by atoms with E-state index in [0.29, 0.717) is 37.7 Å². The van der Waals surface area contributed by atoms with E-state index in [0.717, 1.165) is 12.8 Å². The van der Waals surface area contributed by atoms with Crippen molar-refractivity contribution in [1.29, 1.82) is 0 Å². The number of para-hydroxylation sites is 1. The molecule has 3 aliphatic rings. The molecule has 136 valence electrons. The summed E-state index contributed by atoms with van der Waals surface area (Å²) in [4.78, 5) is 12.5. The summed E-state index contributed by atoms with van der Waals surface area (Å²) in [5.74, 6) is 0.957. The number of fused-ring (bicyclic) bond motifs is 2. The number of ether oxygens (including phenoxy) is 1. The molecular weight excluding hydrogens is 340 g/mol. The Hall–Kier alpha value is -1.60. The van der Waals surface area contributed by atoms with Gasteiger partial charge in [0.25, 0.3) is 0 Å². The molecule has 4 rings (SSSR count). The zero-order chi connectivity index (χ0) is 17.4. The van der Waals surface area contributed by atoms with E-state index in [4.69, 9.17) is 4.74 Å². The quantitative estimate of drug-likeness (QED) is 0.889. The van der Waals surface area contributed by atoms with Gasteiger partial charge in [-0.05, 0) is 37.3 Å². The third-order valence-electron chi connectivity index (χ3n) is 5.55. The van der Waals surface area contributed by atoms with Crippen LogP contribution in [0, 0.1) is 5.92 Å². The van der Waals surface area contributed by atoms with Crippen LogP contribution in [-0.4, -0.2) is 43.9 Å². The minimum atomic E-state index is -3.59. The second-order valence-electron chi connectivity index (χ2n) is 7.34. The van der Waals surface area contributed by atoms with E-state index in [9.17, 15) is 13.2 Å². The van der Waals surface area contributed by atoms with Crippen molar-refractivity contribution in [2.24, 2.45) is 5.92 Å². The van der Waals surface area contributed by atoms with Gasteiger partial charge in [-0.3, -0.25) is 4.79 Å². The third-order valence-corrected chi connectivity index (χ3v) is 7.50. The summed E-state index contributed by atoms with van der Waals surface area (Å²) in [6.45, 7) is 0.645. The first-order chi connectivity index (χ1) is 12.0. The molecule has 6 nitrogen and oxygen atoms in total. The minimum Gasteiger partial charge on any atom is -0.490 e. The van der Waals surface area contributed by atoms with E-state index >= 15 is 0 Å².